The molecule has 0 saturated heterocycles. The smallest absolute Gasteiger partial charge is 0.262 e. The van der Waals surface area contributed by atoms with E-state index in [-0.39, 0.29) is 11.0 Å². The van der Waals surface area contributed by atoms with Gasteiger partial charge in [-0.1, -0.05) is 11.6 Å². The monoisotopic (exact) mass is 305 g/mol. The number of hydrogen-bond donors (Lipinski definition) is 1. The van der Waals surface area contributed by atoms with E-state index < -0.39 is 26.6 Å². The minimum atomic E-state index is -4.21. The van der Waals surface area contributed by atoms with Crippen molar-refractivity contribution in [1.29, 1.82) is 0 Å². The summed E-state index contributed by atoms with van der Waals surface area (Å²) in [5.74, 6) is -2.20. The lowest BCUT2D eigenvalue weighted by Gasteiger charge is -2.07. The molecule has 2 aromatic rings. The molecule has 0 aliphatic heterocycles. The van der Waals surface area contributed by atoms with Gasteiger partial charge in [-0.15, -0.1) is 0 Å². The van der Waals surface area contributed by atoms with Crippen molar-refractivity contribution in [3.63, 3.8) is 0 Å². The number of benzene rings is 1. The zero-order chi connectivity index (χ0) is 14.0. The Labute approximate surface area is 112 Å². The van der Waals surface area contributed by atoms with Crippen molar-refractivity contribution in [2.45, 2.75) is 4.90 Å². The largest absolute Gasteiger partial charge is 0.266 e. The van der Waals surface area contributed by atoms with Gasteiger partial charge in [0.1, 0.15) is 21.7 Å². The predicted molar refractivity (Wildman–Crippen MR) is 64.2 cm³/mol. The van der Waals surface area contributed by atoms with Crippen LogP contribution in [0.3, 0.4) is 0 Å². The van der Waals surface area contributed by atoms with Gasteiger partial charge in [0.15, 0.2) is 5.82 Å². The van der Waals surface area contributed by atoms with Crippen LogP contribution in [0.2, 0.25) is 5.15 Å². The first kappa shape index (κ1) is 13.6. The first-order valence-corrected chi connectivity index (χ1v) is 6.70. The van der Waals surface area contributed by atoms with Gasteiger partial charge < -0.3 is 0 Å². The summed E-state index contributed by atoms with van der Waals surface area (Å²) < 4.78 is 51.8. The number of anilines is 1. The normalized spacial score (nSPS) is 11.3. The molecule has 0 spiro atoms. The van der Waals surface area contributed by atoms with Gasteiger partial charge in [-0.25, -0.2) is 27.2 Å². The van der Waals surface area contributed by atoms with E-state index in [1.54, 1.807) is 0 Å². The Bertz CT molecular complexity index is 707. The van der Waals surface area contributed by atoms with Crippen LogP contribution >= 0.6 is 11.6 Å². The van der Waals surface area contributed by atoms with Crippen LogP contribution in [0, 0.1) is 11.6 Å². The molecule has 0 unspecified atom stereocenters. The van der Waals surface area contributed by atoms with Crippen LogP contribution in [0.15, 0.2) is 35.5 Å². The number of halogens is 3. The Morgan fingerprint density at radius 1 is 1.16 bits per heavy atom. The van der Waals surface area contributed by atoms with E-state index in [1.165, 1.54) is 0 Å². The van der Waals surface area contributed by atoms with Gasteiger partial charge in [0.2, 0.25) is 0 Å². The standard InChI is InChI=1S/C10H6ClF2N3O2S/c11-9-4-15-10(5-14-9)16-19(17,18)8-2-1-6(12)3-7(8)13/h1-5H,(H,15,16). The van der Waals surface area contributed by atoms with Crippen LogP contribution in [0.25, 0.3) is 0 Å². The minimum absolute atomic E-state index is 0.0795. The maximum atomic E-state index is 13.4. The number of nitrogens with zero attached hydrogens (tertiary/aromatic N) is 2. The molecule has 0 bridgehead atoms. The van der Waals surface area contributed by atoms with Crippen LogP contribution in [0.4, 0.5) is 14.6 Å². The molecule has 1 aromatic carbocycles. The number of sulfonamides is 1. The van der Waals surface area contributed by atoms with Crippen LogP contribution in [-0.2, 0) is 10.0 Å². The van der Waals surface area contributed by atoms with Crippen molar-refractivity contribution in [3.05, 3.63) is 47.4 Å². The van der Waals surface area contributed by atoms with Gasteiger partial charge in [0, 0.05) is 6.07 Å². The molecule has 0 amide bonds. The molecule has 0 saturated carbocycles. The second kappa shape index (κ2) is 5.06. The average Bonchev–Trinajstić information content (AvgIpc) is 2.31. The Morgan fingerprint density at radius 3 is 2.47 bits per heavy atom. The number of nitrogens with one attached hydrogen (secondary N) is 1. The van der Waals surface area contributed by atoms with Crippen molar-refractivity contribution in [3.8, 4) is 0 Å². The molecule has 0 radical (unpaired) electrons. The lowest BCUT2D eigenvalue weighted by Crippen LogP contribution is -2.15. The highest BCUT2D eigenvalue weighted by molar-refractivity contribution is 7.92. The molecule has 1 N–H and O–H groups in total. The first-order chi connectivity index (χ1) is 8.88. The van der Waals surface area contributed by atoms with Crippen molar-refractivity contribution >= 4 is 27.4 Å². The SMILES string of the molecule is O=S(=O)(Nc1cnc(Cl)cn1)c1ccc(F)cc1F. The van der Waals surface area contributed by atoms with Crippen LogP contribution in [0.1, 0.15) is 0 Å². The van der Waals surface area contributed by atoms with Crippen LogP contribution in [-0.4, -0.2) is 18.4 Å². The van der Waals surface area contributed by atoms with Gasteiger partial charge in [-0.05, 0) is 12.1 Å². The number of hydrogen-bond acceptors (Lipinski definition) is 4. The quantitative estimate of drug-likeness (QED) is 0.943. The summed E-state index contributed by atoms with van der Waals surface area (Å²) in [6.07, 6.45) is 2.20. The molecule has 1 heterocycles. The van der Waals surface area contributed by atoms with E-state index in [9.17, 15) is 17.2 Å². The Kier molecular flexibility index (Phi) is 3.63. The fourth-order valence-electron chi connectivity index (χ4n) is 1.25. The number of aromatic nitrogens is 2. The molecule has 0 aliphatic rings. The van der Waals surface area contributed by atoms with Crippen LogP contribution < -0.4 is 4.72 Å². The van der Waals surface area contributed by atoms with Crippen molar-refractivity contribution < 1.29 is 17.2 Å². The Morgan fingerprint density at radius 2 is 1.89 bits per heavy atom. The highest BCUT2D eigenvalue weighted by Gasteiger charge is 2.20. The zero-order valence-corrected chi connectivity index (χ0v) is 10.7. The summed E-state index contributed by atoms with van der Waals surface area (Å²) in [7, 11) is -4.21. The van der Waals surface area contributed by atoms with Crippen molar-refractivity contribution in [2.24, 2.45) is 0 Å². The van der Waals surface area contributed by atoms with Gasteiger partial charge >= 0.3 is 0 Å². The molecular weight excluding hydrogens is 300 g/mol. The predicted octanol–water partition coefficient (Wildman–Crippen LogP) is 2.21. The third-order valence-electron chi connectivity index (χ3n) is 2.04. The average molecular weight is 306 g/mol. The van der Waals surface area contributed by atoms with E-state index in [1.807, 2.05) is 4.72 Å². The first-order valence-electron chi connectivity index (χ1n) is 4.84. The third kappa shape index (κ3) is 3.15. The summed E-state index contributed by atoms with van der Waals surface area (Å²) in [4.78, 5) is 6.58. The molecule has 9 heteroatoms. The second-order valence-corrected chi connectivity index (χ2v) is 5.44. The van der Waals surface area contributed by atoms with E-state index in [0.29, 0.717) is 6.07 Å². The van der Waals surface area contributed by atoms with Gasteiger partial charge in [-0.2, -0.15) is 0 Å². The molecule has 19 heavy (non-hydrogen) atoms. The third-order valence-corrected chi connectivity index (χ3v) is 3.63. The van der Waals surface area contributed by atoms with E-state index >= 15 is 0 Å². The summed E-state index contributed by atoms with van der Waals surface area (Å²) in [5, 5.41) is 0.0795. The molecule has 100 valence electrons. The Balaban J connectivity index is 2.35. The summed E-state index contributed by atoms with van der Waals surface area (Å²) >= 11 is 5.49. The maximum Gasteiger partial charge on any atom is 0.266 e. The van der Waals surface area contributed by atoms with Crippen molar-refractivity contribution in [1.82, 2.24) is 9.97 Å². The molecule has 1 aromatic heterocycles. The van der Waals surface area contributed by atoms with Gasteiger partial charge in [0.25, 0.3) is 10.0 Å². The summed E-state index contributed by atoms with van der Waals surface area (Å²) in [5.41, 5.74) is 0. The molecule has 0 atom stereocenters. The topological polar surface area (TPSA) is 72.0 Å². The molecular formula is C10H6ClF2N3O2S. The fourth-order valence-corrected chi connectivity index (χ4v) is 2.40. The van der Waals surface area contributed by atoms with Crippen molar-refractivity contribution in [2.75, 3.05) is 4.72 Å². The Hall–Kier alpha value is -1.80. The highest BCUT2D eigenvalue weighted by atomic mass is 35.5. The van der Waals surface area contributed by atoms with Gasteiger partial charge in [-0.3, -0.25) is 4.72 Å². The second-order valence-electron chi connectivity index (χ2n) is 3.40. The molecule has 2 rings (SSSR count). The number of rotatable bonds is 3. The van der Waals surface area contributed by atoms with Gasteiger partial charge in [0.05, 0.1) is 12.4 Å². The maximum absolute atomic E-state index is 13.4. The highest BCUT2D eigenvalue weighted by Crippen LogP contribution is 2.18. The lowest BCUT2D eigenvalue weighted by atomic mass is 10.3. The fraction of sp³-hybridized carbons (Fsp3) is 0. The van der Waals surface area contributed by atoms with Crippen LogP contribution in [0.5, 0.6) is 0 Å². The summed E-state index contributed by atoms with van der Waals surface area (Å²) in [6, 6.07) is 2.13. The lowest BCUT2D eigenvalue weighted by molar-refractivity contribution is 0.551. The van der Waals surface area contributed by atoms with E-state index in [2.05, 4.69) is 9.97 Å². The molecule has 5 nitrogen and oxygen atoms in total. The summed E-state index contributed by atoms with van der Waals surface area (Å²) in [6.45, 7) is 0. The molecule has 0 aliphatic carbocycles. The van der Waals surface area contributed by atoms with E-state index in [4.69, 9.17) is 11.6 Å². The van der Waals surface area contributed by atoms with E-state index in [0.717, 1.165) is 24.5 Å². The molecule has 0 fully saturated rings. The minimum Gasteiger partial charge on any atom is -0.262 e. The zero-order valence-electron chi connectivity index (χ0n) is 9.14.